The Balaban J connectivity index is 3.64. The summed E-state index contributed by atoms with van der Waals surface area (Å²) >= 11 is 0. The third-order valence-electron chi connectivity index (χ3n) is 1.05. The number of hydrogen-bond acceptors (Lipinski definition) is 2. The Morgan fingerprint density at radius 3 is 2.09 bits per heavy atom. The Kier molecular flexibility index (Phi) is 3.36. The fourth-order valence-corrected chi connectivity index (χ4v) is 0.414. The van der Waals surface area contributed by atoms with Gasteiger partial charge in [-0.2, -0.15) is 0 Å². The normalized spacial score (nSPS) is 11.0. The third-order valence-corrected chi connectivity index (χ3v) is 1.05. The van der Waals surface area contributed by atoms with Gasteiger partial charge in [-0.25, -0.2) is 0 Å². The molecular weight excluding hydrogens is 140 g/mol. The monoisotopic (exact) mass is 158 g/mol. The Morgan fingerprint density at radius 1 is 1.36 bits per heavy atom. The molecule has 0 aliphatic rings. The highest BCUT2D eigenvalue weighted by molar-refractivity contribution is 5.69. The molecule has 0 unspecified atom stereocenters. The summed E-state index contributed by atoms with van der Waals surface area (Å²) in [5.41, 5.74) is 0.127. The van der Waals surface area contributed by atoms with Crippen LogP contribution < -0.4 is 0 Å². The van der Waals surface area contributed by atoms with Gasteiger partial charge in [-0.1, -0.05) is 20.8 Å². The molecule has 0 amide bonds. The lowest BCUT2D eigenvalue weighted by molar-refractivity contribution is 0.162. The van der Waals surface area contributed by atoms with Gasteiger partial charge in [-0.15, -0.1) is 0 Å². The second-order valence-corrected chi connectivity index (χ2v) is 4.05. The number of nitrogens with one attached hydrogen (secondary N) is 1. The maximum Gasteiger partial charge on any atom is 0.283 e. The van der Waals surface area contributed by atoms with Crippen LogP contribution in [0, 0.1) is 10.8 Å². The first-order chi connectivity index (χ1) is 4.83. The third kappa shape index (κ3) is 5.70. The minimum absolute atomic E-state index is 0.127. The van der Waals surface area contributed by atoms with Gasteiger partial charge >= 0.3 is 0 Å². The van der Waals surface area contributed by atoms with Crippen LogP contribution in [0.3, 0.4) is 0 Å². The minimum Gasteiger partial charge on any atom is -0.465 e. The zero-order valence-electron chi connectivity index (χ0n) is 8.06. The van der Waals surface area contributed by atoms with Crippen molar-refractivity contribution in [2.24, 2.45) is 5.41 Å². The average molecular weight is 158 g/mol. The quantitative estimate of drug-likeness (QED) is 0.464. The van der Waals surface area contributed by atoms with Gasteiger partial charge in [0, 0.05) is 14.1 Å². The molecule has 0 atom stereocenters. The zero-order valence-corrected chi connectivity index (χ0v) is 8.06. The number of rotatable bonds is 1. The van der Waals surface area contributed by atoms with Crippen LogP contribution in [-0.2, 0) is 4.74 Å². The molecule has 3 nitrogen and oxygen atoms in total. The molecule has 0 fully saturated rings. The lowest BCUT2D eigenvalue weighted by atomic mass is 9.99. The first kappa shape index (κ1) is 10.3. The first-order valence-corrected chi connectivity index (χ1v) is 3.71. The van der Waals surface area contributed by atoms with Crippen molar-refractivity contribution in [3.8, 4) is 0 Å². The van der Waals surface area contributed by atoms with Crippen LogP contribution in [0.1, 0.15) is 20.8 Å². The van der Waals surface area contributed by atoms with Gasteiger partial charge in [0.25, 0.3) is 6.02 Å². The van der Waals surface area contributed by atoms with Gasteiger partial charge in [-0.05, 0) is 5.41 Å². The van der Waals surface area contributed by atoms with Gasteiger partial charge in [0.05, 0.1) is 6.61 Å². The lowest BCUT2D eigenvalue weighted by Gasteiger charge is -2.21. The van der Waals surface area contributed by atoms with E-state index >= 15 is 0 Å². The van der Waals surface area contributed by atoms with Crippen molar-refractivity contribution in [3.05, 3.63) is 0 Å². The summed E-state index contributed by atoms with van der Waals surface area (Å²) in [6.07, 6.45) is 0. The number of hydrogen-bond donors (Lipinski definition) is 1. The van der Waals surface area contributed by atoms with E-state index in [1.54, 1.807) is 19.0 Å². The van der Waals surface area contributed by atoms with E-state index in [4.69, 9.17) is 10.1 Å². The van der Waals surface area contributed by atoms with Gasteiger partial charge in [0.15, 0.2) is 0 Å². The molecule has 0 spiro atoms. The van der Waals surface area contributed by atoms with E-state index in [9.17, 15) is 0 Å². The Bertz CT molecular complexity index is 136. The smallest absolute Gasteiger partial charge is 0.283 e. The van der Waals surface area contributed by atoms with E-state index in [1.807, 2.05) is 0 Å². The molecular formula is C8H18N2O. The maximum absolute atomic E-state index is 7.33. The van der Waals surface area contributed by atoms with Crippen LogP contribution in [0.25, 0.3) is 0 Å². The van der Waals surface area contributed by atoms with Crippen molar-refractivity contribution in [2.45, 2.75) is 20.8 Å². The molecule has 0 saturated heterocycles. The fourth-order valence-electron chi connectivity index (χ4n) is 0.414. The minimum atomic E-state index is 0.127. The van der Waals surface area contributed by atoms with Crippen LogP contribution in [0.5, 0.6) is 0 Å². The van der Waals surface area contributed by atoms with Gasteiger partial charge in [-0.3, -0.25) is 5.41 Å². The summed E-state index contributed by atoms with van der Waals surface area (Å²) in [5, 5.41) is 7.33. The standard InChI is InChI=1S/C8H18N2O/c1-8(2,3)6-11-7(9)10(4)5/h9H,6H2,1-5H3. The molecule has 3 heteroatoms. The Labute approximate surface area is 68.9 Å². The molecule has 0 aliphatic carbocycles. The van der Waals surface area contributed by atoms with E-state index in [0.29, 0.717) is 6.61 Å². The van der Waals surface area contributed by atoms with Gasteiger partial charge < -0.3 is 9.64 Å². The molecule has 1 N–H and O–H groups in total. The molecule has 66 valence electrons. The highest BCUT2D eigenvalue weighted by atomic mass is 16.5. The second-order valence-electron chi connectivity index (χ2n) is 4.05. The molecule has 11 heavy (non-hydrogen) atoms. The molecule has 0 aromatic rings. The molecule has 0 aromatic carbocycles. The molecule has 0 saturated carbocycles. The number of amidine groups is 1. The van der Waals surface area contributed by atoms with Crippen molar-refractivity contribution >= 4 is 6.02 Å². The highest BCUT2D eigenvalue weighted by Crippen LogP contribution is 2.12. The summed E-state index contributed by atoms with van der Waals surface area (Å²) < 4.78 is 5.18. The van der Waals surface area contributed by atoms with Gasteiger partial charge in [0.1, 0.15) is 0 Å². The van der Waals surface area contributed by atoms with Crippen molar-refractivity contribution in [3.63, 3.8) is 0 Å². The van der Waals surface area contributed by atoms with Crippen LogP contribution >= 0.6 is 0 Å². The van der Waals surface area contributed by atoms with Crippen molar-refractivity contribution in [1.29, 1.82) is 5.41 Å². The van der Waals surface area contributed by atoms with E-state index in [-0.39, 0.29) is 11.4 Å². The van der Waals surface area contributed by atoms with Gasteiger partial charge in [0.2, 0.25) is 0 Å². The average Bonchev–Trinajstić information content (AvgIpc) is 1.80. The second kappa shape index (κ2) is 3.60. The van der Waals surface area contributed by atoms with E-state index in [2.05, 4.69) is 20.8 Å². The Morgan fingerprint density at radius 2 is 1.82 bits per heavy atom. The zero-order chi connectivity index (χ0) is 9.07. The van der Waals surface area contributed by atoms with Crippen LogP contribution in [0.2, 0.25) is 0 Å². The fraction of sp³-hybridized carbons (Fsp3) is 0.875. The van der Waals surface area contributed by atoms with Crippen LogP contribution in [0.4, 0.5) is 0 Å². The van der Waals surface area contributed by atoms with Crippen LogP contribution in [0.15, 0.2) is 0 Å². The summed E-state index contributed by atoms with van der Waals surface area (Å²) in [7, 11) is 3.59. The molecule has 0 heterocycles. The molecule has 0 aliphatic heterocycles. The molecule has 0 bridgehead atoms. The lowest BCUT2D eigenvalue weighted by Crippen LogP contribution is -2.27. The van der Waals surface area contributed by atoms with Crippen molar-refractivity contribution in [1.82, 2.24) is 4.90 Å². The SMILES string of the molecule is CN(C)C(=N)OCC(C)(C)C. The van der Waals surface area contributed by atoms with Crippen molar-refractivity contribution < 1.29 is 4.74 Å². The topological polar surface area (TPSA) is 36.3 Å². The Hall–Kier alpha value is -0.730. The summed E-state index contributed by atoms with van der Waals surface area (Å²) in [6, 6.07) is 0.222. The summed E-state index contributed by atoms with van der Waals surface area (Å²) in [4.78, 5) is 1.64. The van der Waals surface area contributed by atoms with E-state index < -0.39 is 0 Å². The molecule has 0 radical (unpaired) electrons. The van der Waals surface area contributed by atoms with E-state index in [0.717, 1.165) is 0 Å². The van der Waals surface area contributed by atoms with E-state index in [1.165, 1.54) is 0 Å². The largest absolute Gasteiger partial charge is 0.465 e. The number of ether oxygens (including phenoxy) is 1. The van der Waals surface area contributed by atoms with Crippen LogP contribution in [-0.4, -0.2) is 31.6 Å². The maximum atomic E-state index is 7.33. The predicted molar refractivity (Wildman–Crippen MR) is 46.8 cm³/mol. The molecule has 0 rings (SSSR count). The predicted octanol–water partition coefficient (Wildman–Crippen LogP) is 1.55. The summed E-state index contributed by atoms with van der Waals surface area (Å²) in [6.45, 7) is 6.83. The number of nitrogens with zero attached hydrogens (tertiary/aromatic N) is 1. The van der Waals surface area contributed by atoms with Crippen molar-refractivity contribution in [2.75, 3.05) is 20.7 Å². The highest BCUT2D eigenvalue weighted by Gasteiger charge is 2.12. The molecule has 0 aromatic heterocycles. The summed E-state index contributed by atoms with van der Waals surface area (Å²) in [5.74, 6) is 0. The first-order valence-electron chi connectivity index (χ1n) is 3.71.